The second-order valence-electron chi connectivity index (χ2n) is 6.54. The molecule has 1 fully saturated rings. The lowest BCUT2D eigenvalue weighted by Gasteiger charge is -2.35. The van der Waals surface area contributed by atoms with Gasteiger partial charge in [0.1, 0.15) is 6.33 Å². The van der Waals surface area contributed by atoms with Gasteiger partial charge in [0.05, 0.1) is 17.1 Å². The molecule has 8 nitrogen and oxygen atoms in total. The number of hydrogen-bond acceptors (Lipinski definition) is 7. The van der Waals surface area contributed by atoms with Crippen molar-refractivity contribution in [2.75, 3.05) is 23.3 Å². The summed E-state index contributed by atoms with van der Waals surface area (Å²) >= 11 is 0. The van der Waals surface area contributed by atoms with E-state index < -0.39 is 22.4 Å². The maximum absolute atomic E-state index is 13.4. The zero-order valence-electron chi connectivity index (χ0n) is 15.2. The fourth-order valence-corrected chi connectivity index (χ4v) is 3.15. The fourth-order valence-electron chi connectivity index (χ4n) is 3.15. The number of halogens is 3. The van der Waals surface area contributed by atoms with Crippen LogP contribution in [0.4, 0.5) is 30.5 Å². The van der Waals surface area contributed by atoms with Gasteiger partial charge in [0.15, 0.2) is 17.5 Å². The Morgan fingerprint density at radius 3 is 2.39 bits per heavy atom. The van der Waals surface area contributed by atoms with Gasteiger partial charge in [0.2, 0.25) is 11.6 Å². The molecule has 0 saturated carbocycles. The molecule has 1 aliphatic heterocycles. The molecule has 1 N–H and O–H groups in total. The number of hydrogen-bond donors (Lipinski definition) is 1. The lowest BCUT2D eigenvalue weighted by molar-refractivity contribution is -0.383. The zero-order valence-corrected chi connectivity index (χ0v) is 15.2. The van der Waals surface area contributed by atoms with Crippen molar-refractivity contribution >= 4 is 17.3 Å². The third-order valence-electron chi connectivity index (χ3n) is 4.21. The van der Waals surface area contributed by atoms with Crippen molar-refractivity contribution in [1.29, 1.82) is 0 Å². The van der Waals surface area contributed by atoms with Crippen LogP contribution in [0.2, 0.25) is 0 Å². The molecule has 1 aliphatic rings. The van der Waals surface area contributed by atoms with E-state index in [-0.39, 0.29) is 41.6 Å². The van der Waals surface area contributed by atoms with E-state index in [0.29, 0.717) is 13.1 Å². The maximum Gasteiger partial charge on any atom is 0.353 e. The minimum atomic E-state index is -1.57. The van der Waals surface area contributed by atoms with E-state index in [1.807, 2.05) is 13.8 Å². The number of nitrogens with zero attached hydrogens (tertiary/aromatic N) is 4. The lowest BCUT2D eigenvalue weighted by Crippen LogP contribution is -2.46. The van der Waals surface area contributed by atoms with Gasteiger partial charge < -0.3 is 15.0 Å². The van der Waals surface area contributed by atoms with Gasteiger partial charge in [-0.2, -0.15) is 0 Å². The Hall–Kier alpha value is -2.95. The number of aromatic nitrogens is 2. The monoisotopic (exact) mass is 397 g/mol. The molecule has 2 heterocycles. The van der Waals surface area contributed by atoms with Crippen LogP contribution >= 0.6 is 0 Å². The van der Waals surface area contributed by atoms with Crippen LogP contribution in [-0.2, 0) is 11.3 Å². The Labute approximate surface area is 158 Å². The quantitative estimate of drug-likeness (QED) is 0.471. The van der Waals surface area contributed by atoms with E-state index >= 15 is 0 Å². The molecule has 1 aromatic carbocycles. The second kappa shape index (κ2) is 7.97. The summed E-state index contributed by atoms with van der Waals surface area (Å²) in [5, 5.41) is 14.4. The summed E-state index contributed by atoms with van der Waals surface area (Å²) in [7, 11) is 0. The number of rotatable bonds is 5. The predicted octanol–water partition coefficient (Wildman–Crippen LogP) is 3.03. The van der Waals surface area contributed by atoms with Crippen LogP contribution < -0.4 is 10.2 Å². The third-order valence-corrected chi connectivity index (χ3v) is 4.21. The number of benzene rings is 1. The van der Waals surface area contributed by atoms with E-state index in [9.17, 15) is 23.3 Å². The molecule has 0 amide bonds. The van der Waals surface area contributed by atoms with Crippen LogP contribution in [0.5, 0.6) is 0 Å². The number of nitrogens with one attached hydrogen (secondary N) is 1. The lowest BCUT2D eigenvalue weighted by atomic mass is 10.2. The van der Waals surface area contributed by atoms with Crippen molar-refractivity contribution in [2.45, 2.75) is 32.6 Å². The van der Waals surface area contributed by atoms with Crippen molar-refractivity contribution in [2.24, 2.45) is 0 Å². The molecule has 0 spiro atoms. The van der Waals surface area contributed by atoms with Crippen LogP contribution in [0.15, 0.2) is 18.5 Å². The van der Waals surface area contributed by atoms with Crippen molar-refractivity contribution in [3.05, 3.63) is 51.6 Å². The molecule has 2 unspecified atom stereocenters. The molecule has 3 rings (SSSR count). The fraction of sp³-hybridized carbons (Fsp3) is 0.412. The molecule has 150 valence electrons. The number of morpholine rings is 1. The van der Waals surface area contributed by atoms with Crippen molar-refractivity contribution in [3.63, 3.8) is 0 Å². The number of anilines is 2. The normalized spacial score (nSPS) is 19.5. The Morgan fingerprint density at radius 2 is 1.82 bits per heavy atom. The molecule has 11 heteroatoms. The van der Waals surface area contributed by atoms with Crippen LogP contribution in [0.3, 0.4) is 0 Å². The summed E-state index contributed by atoms with van der Waals surface area (Å²) in [6.07, 6.45) is 0.890. The highest BCUT2D eigenvalue weighted by molar-refractivity contribution is 5.70. The molecular formula is C17H18F3N5O3. The second-order valence-corrected chi connectivity index (χ2v) is 6.54. The van der Waals surface area contributed by atoms with Gasteiger partial charge in [-0.25, -0.2) is 23.1 Å². The van der Waals surface area contributed by atoms with Crippen LogP contribution in [0, 0.1) is 27.6 Å². The third kappa shape index (κ3) is 4.14. The average molecular weight is 397 g/mol. The van der Waals surface area contributed by atoms with Crippen molar-refractivity contribution < 1.29 is 22.8 Å². The van der Waals surface area contributed by atoms with Crippen molar-refractivity contribution in [1.82, 2.24) is 9.97 Å². The van der Waals surface area contributed by atoms with Crippen LogP contribution in [0.25, 0.3) is 0 Å². The summed E-state index contributed by atoms with van der Waals surface area (Å²) in [6.45, 7) is 4.34. The molecule has 1 saturated heterocycles. The summed E-state index contributed by atoms with van der Waals surface area (Å²) < 4.78 is 45.4. The van der Waals surface area contributed by atoms with Gasteiger partial charge >= 0.3 is 5.69 Å². The molecule has 0 aliphatic carbocycles. The highest BCUT2D eigenvalue weighted by atomic mass is 19.2. The van der Waals surface area contributed by atoms with Gasteiger partial charge in [-0.15, -0.1) is 0 Å². The Morgan fingerprint density at radius 1 is 1.21 bits per heavy atom. The first-order valence-electron chi connectivity index (χ1n) is 8.53. The Kier molecular flexibility index (Phi) is 5.63. The Balaban J connectivity index is 1.88. The number of ether oxygens (including phenoxy) is 1. The first-order chi connectivity index (χ1) is 13.3. The van der Waals surface area contributed by atoms with E-state index in [4.69, 9.17) is 4.74 Å². The largest absolute Gasteiger partial charge is 0.372 e. The predicted molar refractivity (Wildman–Crippen MR) is 94.6 cm³/mol. The molecule has 2 aromatic rings. The molecule has 1 aromatic heterocycles. The molecule has 0 radical (unpaired) electrons. The molecule has 0 bridgehead atoms. The SMILES string of the molecule is CC1CN(c2ncnc(NCc3cc(F)c(F)c(F)c3)c2[N+](=O)[O-])CC(C)O1. The summed E-state index contributed by atoms with van der Waals surface area (Å²) in [4.78, 5) is 20.7. The smallest absolute Gasteiger partial charge is 0.353 e. The van der Waals surface area contributed by atoms with E-state index in [1.54, 1.807) is 4.90 Å². The molecule has 28 heavy (non-hydrogen) atoms. The van der Waals surface area contributed by atoms with Gasteiger partial charge in [-0.05, 0) is 31.5 Å². The highest BCUT2D eigenvalue weighted by Crippen LogP contribution is 2.33. The zero-order chi connectivity index (χ0) is 20.4. The minimum Gasteiger partial charge on any atom is -0.372 e. The minimum absolute atomic E-state index is 0.0690. The summed E-state index contributed by atoms with van der Waals surface area (Å²) in [6, 6.07) is 1.62. The average Bonchev–Trinajstić information content (AvgIpc) is 2.63. The van der Waals surface area contributed by atoms with E-state index in [2.05, 4.69) is 15.3 Å². The van der Waals surface area contributed by atoms with E-state index in [0.717, 1.165) is 12.1 Å². The molecule has 2 atom stereocenters. The standard InChI is InChI=1S/C17H18F3N5O3/c1-9-6-24(7-10(2)28-9)17-15(25(26)27)16(22-8-23-17)21-5-11-3-12(18)14(20)13(19)4-11/h3-4,8-10H,5-7H2,1-2H3,(H,21,22,23). The van der Waals surface area contributed by atoms with E-state index in [1.165, 1.54) is 6.33 Å². The van der Waals surface area contributed by atoms with Gasteiger partial charge in [0.25, 0.3) is 0 Å². The van der Waals surface area contributed by atoms with Crippen LogP contribution in [0.1, 0.15) is 19.4 Å². The highest BCUT2D eigenvalue weighted by Gasteiger charge is 2.31. The number of nitro groups is 1. The summed E-state index contributed by atoms with van der Waals surface area (Å²) in [5.74, 6) is -4.24. The maximum atomic E-state index is 13.4. The van der Waals surface area contributed by atoms with Gasteiger partial charge in [-0.3, -0.25) is 10.1 Å². The molecular weight excluding hydrogens is 379 g/mol. The first kappa shape index (κ1) is 19.8. The van der Waals surface area contributed by atoms with Gasteiger partial charge in [-0.1, -0.05) is 0 Å². The topological polar surface area (TPSA) is 93.4 Å². The van der Waals surface area contributed by atoms with Crippen molar-refractivity contribution in [3.8, 4) is 0 Å². The summed E-state index contributed by atoms with van der Waals surface area (Å²) in [5.41, 5.74) is -0.286. The van der Waals surface area contributed by atoms with Gasteiger partial charge in [0, 0.05) is 19.6 Å². The van der Waals surface area contributed by atoms with Crippen LogP contribution in [-0.4, -0.2) is 40.2 Å². The first-order valence-corrected chi connectivity index (χ1v) is 8.53. The Bertz CT molecular complexity index is 865.